The molecule has 3 nitrogen and oxygen atoms in total. The number of aromatic amines is 1. The van der Waals surface area contributed by atoms with Crippen LogP contribution in [0, 0.1) is 0 Å². The minimum Gasteiger partial charge on any atom is -0.408 e. The van der Waals surface area contributed by atoms with Gasteiger partial charge in [-0.3, -0.25) is 4.98 Å². The Bertz CT molecular complexity index is 660. The first-order chi connectivity index (χ1) is 8.63. The molecule has 1 heterocycles. The van der Waals surface area contributed by atoms with Crippen LogP contribution in [-0.2, 0) is 0 Å². The standard InChI is InChI=1S/C10H5BrF5NO2/c11-7(9(12,13)10(14,15)16)4-1-2-5-6(3-4)19-8(18)17-5/h1-3,7H,(H,17,18). The summed E-state index contributed by atoms with van der Waals surface area (Å²) in [6.45, 7) is 0. The van der Waals surface area contributed by atoms with Gasteiger partial charge in [0.1, 0.15) is 4.83 Å². The minimum atomic E-state index is -5.69. The third-order valence-electron chi connectivity index (χ3n) is 2.43. The fourth-order valence-electron chi connectivity index (χ4n) is 1.47. The zero-order valence-corrected chi connectivity index (χ0v) is 10.5. The molecule has 0 fully saturated rings. The molecule has 0 saturated carbocycles. The fourth-order valence-corrected chi connectivity index (χ4v) is 2.02. The van der Waals surface area contributed by atoms with E-state index in [0.717, 1.165) is 12.1 Å². The second-order valence-corrected chi connectivity index (χ2v) is 4.67. The number of oxazole rings is 1. The van der Waals surface area contributed by atoms with Crippen molar-refractivity contribution in [1.82, 2.24) is 4.98 Å². The minimum absolute atomic E-state index is 0.0927. The van der Waals surface area contributed by atoms with Crippen LogP contribution in [0.2, 0.25) is 0 Å². The Hall–Kier alpha value is -1.38. The lowest BCUT2D eigenvalue weighted by Gasteiger charge is -2.24. The van der Waals surface area contributed by atoms with Crippen molar-refractivity contribution in [3.8, 4) is 0 Å². The topological polar surface area (TPSA) is 46.0 Å². The number of H-pyrrole nitrogens is 1. The van der Waals surface area contributed by atoms with E-state index >= 15 is 0 Å². The Labute approximate surface area is 110 Å². The molecule has 0 radical (unpaired) electrons. The van der Waals surface area contributed by atoms with Crippen molar-refractivity contribution in [2.75, 3.05) is 0 Å². The molecule has 2 rings (SSSR count). The predicted octanol–water partition coefficient (Wildman–Crippen LogP) is 3.75. The van der Waals surface area contributed by atoms with Crippen molar-refractivity contribution < 1.29 is 26.4 Å². The van der Waals surface area contributed by atoms with Gasteiger partial charge in [0.15, 0.2) is 5.58 Å². The van der Waals surface area contributed by atoms with E-state index < -0.39 is 22.7 Å². The molecule has 0 aliphatic rings. The maximum atomic E-state index is 13.1. The molecule has 1 N–H and O–H groups in total. The summed E-state index contributed by atoms with van der Waals surface area (Å²) in [5, 5.41) is 0. The second kappa shape index (κ2) is 4.32. The Morgan fingerprint density at radius 1 is 1.21 bits per heavy atom. The van der Waals surface area contributed by atoms with Crippen LogP contribution in [0.3, 0.4) is 0 Å². The predicted molar refractivity (Wildman–Crippen MR) is 59.5 cm³/mol. The third kappa shape index (κ3) is 2.38. The summed E-state index contributed by atoms with van der Waals surface area (Å²) >= 11 is 2.34. The van der Waals surface area contributed by atoms with Crippen molar-refractivity contribution in [2.45, 2.75) is 16.9 Å². The Kier molecular flexibility index (Phi) is 3.20. The number of alkyl halides is 6. The Balaban J connectivity index is 2.46. The average Bonchev–Trinajstić information content (AvgIpc) is 2.65. The molecule has 104 valence electrons. The summed E-state index contributed by atoms with van der Waals surface area (Å²) in [5.41, 5.74) is -0.230. The number of nitrogens with one attached hydrogen (secondary N) is 1. The number of fused-ring (bicyclic) bond motifs is 1. The number of rotatable bonds is 2. The van der Waals surface area contributed by atoms with Gasteiger partial charge in [0.05, 0.1) is 5.52 Å². The molecule has 0 spiro atoms. The van der Waals surface area contributed by atoms with Gasteiger partial charge in [-0.15, -0.1) is 0 Å². The fraction of sp³-hybridized carbons (Fsp3) is 0.300. The number of benzene rings is 1. The molecule has 9 heteroatoms. The van der Waals surface area contributed by atoms with E-state index in [-0.39, 0.29) is 16.7 Å². The highest BCUT2D eigenvalue weighted by molar-refractivity contribution is 9.09. The zero-order valence-electron chi connectivity index (χ0n) is 8.89. The molecular formula is C10H5BrF5NO2. The maximum absolute atomic E-state index is 13.1. The third-order valence-corrected chi connectivity index (χ3v) is 3.54. The average molecular weight is 346 g/mol. The molecule has 2 aromatic rings. The highest BCUT2D eigenvalue weighted by atomic mass is 79.9. The summed E-state index contributed by atoms with van der Waals surface area (Å²) in [5.74, 6) is -5.77. The number of halogens is 6. The summed E-state index contributed by atoms with van der Waals surface area (Å²) in [4.78, 5) is 10.8. The van der Waals surface area contributed by atoms with Crippen molar-refractivity contribution in [2.24, 2.45) is 0 Å². The lowest BCUT2D eigenvalue weighted by molar-refractivity contribution is -0.281. The Morgan fingerprint density at radius 3 is 2.42 bits per heavy atom. The summed E-state index contributed by atoms with van der Waals surface area (Å²) in [6.07, 6.45) is -5.69. The SMILES string of the molecule is O=c1[nH]c2ccc(C(Br)C(F)(F)C(F)(F)F)cc2o1. The van der Waals surface area contributed by atoms with Crippen LogP contribution in [0.15, 0.2) is 27.4 Å². The Morgan fingerprint density at radius 2 is 1.84 bits per heavy atom. The molecule has 1 atom stereocenters. The van der Waals surface area contributed by atoms with Crippen LogP contribution < -0.4 is 5.76 Å². The molecule has 1 aromatic heterocycles. The van der Waals surface area contributed by atoms with Crippen molar-refractivity contribution in [3.63, 3.8) is 0 Å². The van der Waals surface area contributed by atoms with E-state index in [1.165, 1.54) is 6.07 Å². The molecule has 0 aliphatic carbocycles. The van der Waals surface area contributed by atoms with E-state index in [0.29, 0.717) is 0 Å². The zero-order chi connectivity index (χ0) is 14.4. The molecule has 0 amide bonds. The summed E-state index contributed by atoms with van der Waals surface area (Å²) in [7, 11) is 0. The number of hydrogen-bond donors (Lipinski definition) is 1. The lowest BCUT2D eigenvalue weighted by Crippen LogP contribution is -2.39. The van der Waals surface area contributed by atoms with Crippen molar-refractivity contribution in [3.05, 3.63) is 34.3 Å². The van der Waals surface area contributed by atoms with Gasteiger partial charge in [0, 0.05) is 0 Å². The van der Waals surface area contributed by atoms with Crippen LogP contribution in [0.4, 0.5) is 22.0 Å². The molecular weight excluding hydrogens is 341 g/mol. The van der Waals surface area contributed by atoms with Gasteiger partial charge in [-0.2, -0.15) is 22.0 Å². The maximum Gasteiger partial charge on any atom is 0.454 e. The molecule has 19 heavy (non-hydrogen) atoms. The van der Waals surface area contributed by atoms with E-state index in [9.17, 15) is 26.7 Å². The van der Waals surface area contributed by atoms with Crippen LogP contribution in [0.1, 0.15) is 10.4 Å². The van der Waals surface area contributed by atoms with Crippen LogP contribution in [0.25, 0.3) is 11.1 Å². The molecule has 0 saturated heterocycles. The first-order valence-corrected chi connectivity index (χ1v) is 5.76. The van der Waals surface area contributed by atoms with E-state index in [1.807, 2.05) is 0 Å². The highest BCUT2D eigenvalue weighted by Gasteiger charge is 2.62. The van der Waals surface area contributed by atoms with Gasteiger partial charge in [-0.25, -0.2) is 4.79 Å². The lowest BCUT2D eigenvalue weighted by atomic mass is 10.1. The van der Waals surface area contributed by atoms with E-state index in [2.05, 4.69) is 25.3 Å². The summed E-state index contributed by atoms with van der Waals surface area (Å²) in [6, 6.07) is 3.19. The quantitative estimate of drug-likeness (QED) is 0.665. The van der Waals surface area contributed by atoms with Gasteiger partial charge in [0.25, 0.3) is 0 Å². The van der Waals surface area contributed by atoms with Crippen molar-refractivity contribution >= 4 is 27.0 Å². The highest BCUT2D eigenvalue weighted by Crippen LogP contribution is 2.49. The van der Waals surface area contributed by atoms with E-state index in [1.54, 1.807) is 0 Å². The normalized spacial score (nSPS) is 14.8. The van der Waals surface area contributed by atoms with Gasteiger partial charge in [-0.1, -0.05) is 22.0 Å². The first-order valence-electron chi connectivity index (χ1n) is 4.84. The monoisotopic (exact) mass is 345 g/mol. The van der Waals surface area contributed by atoms with Gasteiger partial charge < -0.3 is 4.42 Å². The second-order valence-electron chi connectivity index (χ2n) is 3.75. The van der Waals surface area contributed by atoms with Crippen LogP contribution in [0.5, 0.6) is 0 Å². The molecule has 0 bridgehead atoms. The van der Waals surface area contributed by atoms with Gasteiger partial charge in [-0.05, 0) is 17.7 Å². The number of aromatic nitrogens is 1. The molecule has 1 aromatic carbocycles. The molecule has 0 aliphatic heterocycles. The number of hydrogen-bond acceptors (Lipinski definition) is 2. The van der Waals surface area contributed by atoms with E-state index in [4.69, 9.17) is 0 Å². The van der Waals surface area contributed by atoms with Crippen LogP contribution in [-0.4, -0.2) is 17.1 Å². The summed E-state index contributed by atoms with van der Waals surface area (Å²) < 4.78 is 67.6. The van der Waals surface area contributed by atoms with Gasteiger partial charge in [0.2, 0.25) is 0 Å². The van der Waals surface area contributed by atoms with Crippen LogP contribution >= 0.6 is 15.9 Å². The molecule has 1 unspecified atom stereocenters. The largest absolute Gasteiger partial charge is 0.454 e. The first kappa shape index (κ1) is 14.0. The van der Waals surface area contributed by atoms with Crippen molar-refractivity contribution in [1.29, 1.82) is 0 Å². The smallest absolute Gasteiger partial charge is 0.408 e. The van der Waals surface area contributed by atoms with Gasteiger partial charge >= 0.3 is 17.9 Å².